The van der Waals surface area contributed by atoms with Gasteiger partial charge in [0.15, 0.2) is 0 Å². The largest absolute Gasteiger partial charge is 0.430 e. The first kappa shape index (κ1) is 28.8. The van der Waals surface area contributed by atoms with Gasteiger partial charge in [-0.3, -0.25) is 4.79 Å². The summed E-state index contributed by atoms with van der Waals surface area (Å²) in [5, 5.41) is 12.6. The Morgan fingerprint density at radius 2 is 1.57 bits per heavy atom. The quantitative estimate of drug-likeness (QED) is 0.339. The number of halogens is 6. The summed E-state index contributed by atoms with van der Waals surface area (Å²) in [4.78, 5) is 12.3. The van der Waals surface area contributed by atoms with E-state index in [1.54, 1.807) is 24.3 Å². The SMILES string of the molecule is C=C(C)c1cc(C(O)(C(F)(F)F)C(F)(F)F)ccc1-c1ccc(NC(=O)CCCC2CCCCC2)cc1. The molecule has 0 bridgehead atoms. The van der Waals surface area contributed by atoms with Gasteiger partial charge in [-0.05, 0) is 60.6 Å². The molecule has 0 radical (unpaired) electrons. The lowest BCUT2D eigenvalue weighted by atomic mass is 9.86. The zero-order valence-electron chi connectivity index (χ0n) is 20.6. The first-order chi connectivity index (χ1) is 17.2. The number of rotatable bonds is 8. The lowest BCUT2D eigenvalue weighted by molar-refractivity contribution is -0.376. The van der Waals surface area contributed by atoms with Gasteiger partial charge in [-0.15, -0.1) is 0 Å². The monoisotopic (exact) mass is 527 g/mol. The van der Waals surface area contributed by atoms with Gasteiger partial charge in [-0.25, -0.2) is 0 Å². The number of hydrogen-bond donors (Lipinski definition) is 2. The van der Waals surface area contributed by atoms with Gasteiger partial charge in [-0.2, -0.15) is 26.3 Å². The highest BCUT2D eigenvalue weighted by Gasteiger charge is 2.71. The molecular formula is C28H31F6NO2. The maximum absolute atomic E-state index is 13.3. The van der Waals surface area contributed by atoms with Gasteiger partial charge in [0.05, 0.1) is 0 Å². The molecule has 0 heterocycles. The molecular weight excluding hydrogens is 496 g/mol. The van der Waals surface area contributed by atoms with E-state index in [1.807, 2.05) is 0 Å². The number of carbonyl (C=O) groups is 1. The van der Waals surface area contributed by atoms with E-state index in [1.165, 1.54) is 39.0 Å². The highest BCUT2D eigenvalue weighted by atomic mass is 19.4. The number of benzene rings is 2. The van der Waals surface area contributed by atoms with Gasteiger partial charge >= 0.3 is 12.4 Å². The Morgan fingerprint density at radius 3 is 2.11 bits per heavy atom. The van der Waals surface area contributed by atoms with Crippen LogP contribution in [0.15, 0.2) is 49.0 Å². The molecule has 0 aliphatic heterocycles. The molecule has 37 heavy (non-hydrogen) atoms. The zero-order valence-corrected chi connectivity index (χ0v) is 20.6. The normalized spacial score (nSPS) is 15.5. The van der Waals surface area contributed by atoms with Crippen LogP contribution < -0.4 is 5.32 Å². The molecule has 9 heteroatoms. The molecule has 2 aromatic carbocycles. The third-order valence-corrected chi connectivity index (χ3v) is 6.94. The molecule has 1 amide bonds. The number of amides is 1. The number of anilines is 1. The molecule has 0 saturated heterocycles. The number of nitrogens with one attached hydrogen (secondary N) is 1. The van der Waals surface area contributed by atoms with Crippen LogP contribution in [-0.2, 0) is 10.4 Å². The zero-order chi connectivity index (χ0) is 27.4. The number of alkyl halides is 6. The second kappa shape index (κ2) is 11.3. The van der Waals surface area contributed by atoms with Crippen molar-refractivity contribution in [3.8, 4) is 11.1 Å². The minimum atomic E-state index is -5.98. The van der Waals surface area contributed by atoms with Gasteiger partial charge < -0.3 is 10.4 Å². The predicted octanol–water partition coefficient (Wildman–Crippen LogP) is 8.39. The van der Waals surface area contributed by atoms with Crippen LogP contribution >= 0.6 is 0 Å². The molecule has 202 valence electrons. The molecule has 3 nitrogen and oxygen atoms in total. The van der Waals surface area contributed by atoms with Crippen LogP contribution in [0, 0.1) is 5.92 Å². The summed E-state index contributed by atoms with van der Waals surface area (Å²) in [7, 11) is 0. The summed E-state index contributed by atoms with van der Waals surface area (Å²) in [6, 6.07) is 8.84. The van der Waals surface area contributed by atoms with E-state index in [2.05, 4.69) is 11.9 Å². The number of allylic oxidation sites excluding steroid dienone is 1. The minimum absolute atomic E-state index is 0.0314. The molecule has 0 spiro atoms. The first-order valence-corrected chi connectivity index (χ1v) is 12.3. The highest BCUT2D eigenvalue weighted by molar-refractivity contribution is 5.91. The van der Waals surface area contributed by atoms with Crippen LogP contribution in [0.4, 0.5) is 32.0 Å². The Morgan fingerprint density at radius 1 is 0.973 bits per heavy atom. The fourth-order valence-corrected chi connectivity index (χ4v) is 4.85. The average Bonchev–Trinajstić information content (AvgIpc) is 2.83. The standard InChI is InChI=1S/C28H31F6NO2/c1-18(2)24-17-21(26(37,27(29,30)31)28(32,33)34)13-16-23(24)20-11-14-22(15-12-20)35-25(36)10-6-9-19-7-4-3-5-8-19/h11-17,19,37H,1,3-10H2,2H3,(H,35,36). The van der Waals surface area contributed by atoms with Gasteiger partial charge in [0, 0.05) is 17.7 Å². The van der Waals surface area contributed by atoms with Gasteiger partial charge in [0.25, 0.3) is 5.60 Å². The van der Waals surface area contributed by atoms with Gasteiger partial charge in [-0.1, -0.05) is 68.5 Å². The van der Waals surface area contributed by atoms with Crippen molar-refractivity contribution < 1.29 is 36.2 Å². The summed E-state index contributed by atoms with van der Waals surface area (Å²) in [5.41, 5.74) is -4.73. The molecule has 0 aromatic heterocycles. The van der Waals surface area contributed by atoms with Crippen molar-refractivity contribution in [2.75, 3.05) is 5.32 Å². The summed E-state index contributed by atoms with van der Waals surface area (Å²) in [6.45, 7) is 5.13. The van der Waals surface area contributed by atoms with E-state index in [-0.39, 0.29) is 17.0 Å². The third-order valence-electron chi connectivity index (χ3n) is 6.94. The van der Waals surface area contributed by atoms with E-state index >= 15 is 0 Å². The lowest BCUT2D eigenvalue weighted by Gasteiger charge is -2.33. The molecule has 3 rings (SSSR count). The number of hydrogen-bond acceptors (Lipinski definition) is 2. The molecule has 1 saturated carbocycles. The van der Waals surface area contributed by atoms with Crippen LogP contribution in [0.2, 0.25) is 0 Å². The number of aliphatic hydroxyl groups is 1. The Balaban J connectivity index is 1.75. The molecule has 0 atom stereocenters. The van der Waals surface area contributed by atoms with Crippen LogP contribution in [0.1, 0.15) is 69.4 Å². The van der Waals surface area contributed by atoms with Crippen molar-refractivity contribution in [3.05, 3.63) is 60.2 Å². The topological polar surface area (TPSA) is 49.3 Å². The summed E-state index contributed by atoms with van der Waals surface area (Å²) >= 11 is 0. The second-order valence-corrected chi connectivity index (χ2v) is 9.77. The Kier molecular flexibility index (Phi) is 8.78. The van der Waals surface area contributed by atoms with Crippen LogP contribution in [0.3, 0.4) is 0 Å². The second-order valence-electron chi connectivity index (χ2n) is 9.77. The van der Waals surface area contributed by atoms with Crippen molar-refractivity contribution in [2.24, 2.45) is 5.92 Å². The highest BCUT2D eigenvalue weighted by Crippen LogP contribution is 2.50. The van der Waals surface area contributed by atoms with Gasteiger partial charge in [0.1, 0.15) is 0 Å². The third kappa shape index (κ3) is 6.55. The van der Waals surface area contributed by atoms with Crippen LogP contribution in [-0.4, -0.2) is 23.4 Å². The van der Waals surface area contributed by atoms with Crippen molar-refractivity contribution in [3.63, 3.8) is 0 Å². The molecule has 0 unspecified atom stereocenters. The fourth-order valence-electron chi connectivity index (χ4n) is 4.85. The van der Waals surface area contributed by atoms with E-state index in [9.17, 15) is 36.2 Å². The first-order valence-electron chi connectivity index (χ1n) is 12.3. The van der Waals surface area contributed by atoms with Crippen molar-refractivity contribution >= 4 is 17.2 Å². The minimum Gasteiger partial charge on any atom is -0.369 e. The summed E-state index contributed by atoms with van der Waals surface area (Å²) in [5.74, 6) is 0.576. The fraction of sp³-hybridized carbons (Fsp3) is 0.464. The van der Waals surface area contributed by atoms with Crippen molar-refractivity contribution in [1.29, 1.82) is 0 Å². The molecule has 1 fully saturated rings. The molecule has 2 N–H and O–H groups in total. The van der Waals surface area contributed by atoms with Crippen molar-refractivity contribution in [1.82, 2.24) is 0 Å². The average molecular weight is 528 g/mol. The molecule has 1 aliphatic carbocycles. The predicted molar refractivity (Wildman–Crippen MR) is 132 cm³/mol. The van der Waals surface area contributed by atoms with E-state index in [0.717, 1.165) is 18.9 Å². The van der Waals surface area contributed by atoms with Gasteiger partial charge in [0.2, 0.25) is 5.91 Å². The van der Waals surface area contributed by atoms with Crippen LogP contribution in [0.25, 0.3) is 16.7 Å². The van der Waals surface area contributed by atoms with E-state index in [0.29, 0.717) is 41.3 Å². The Hall–Kier alpha value is -2.81. The molecule has 2 aromatic rings. The smallest absolute Gasteiger partial charge is 0.369 e. The number of carbonyl (C=O) groups excluding carboxylic acids is 1. The Bertz CT molecular complexity index is 1090. The summed E-state index contributed by atoms with van der Waals surface area (Å²) in [6.07, 6.45) is -3.46. The lowest BCUT2D eigenvalue weighted by Crippen LogP contribution is -2.53. The maximum atomic E-state index is 13.3. The van der Waals surface area contributed by atoms with E-state index in [4.69, 9.17) is 0 Å². The van der Waals surface area contributed by atoms with Crippen molar-refractivity contribution in [2.45, 2.75) is 76.2 Å². The Labute approximate surface area is 212 Å². The summed E-state index contributed by atoms with van der Waals surface area (Å²) < 4.78 is 80.0. The molecule has 1 aliphatic rings. The van der Waals surface area contributed by atoms with E-state index < -0.39 is 23.5 Å². The maximum Gasteiger partial charge on any atom is 0.430 e. The van der Waals surface area contributed by atoms with Crippen LogP contribution in [0.5, 0.6) is 0 Å².